The largest absolute Gasteiger partial charge is 0.454 e. The van der Waals surface area contributed by atoms with Gasteiger partial charge in [0.2, 0.25) is 18.6 Å². The lowest BCUT2D eigenvalue weighted by molar-refractivity contribution is -0.122. The van der Waals surface area contributed by atoms with Gasteiger partial charge >= 0.3 is 0 Å². The maximum Gasteiger partial charge on any atom is 0.240 e. The molecule has 4 aliphatic rings. The standard InChI is InChI=1S/C28H18BrClN2O5/c29-16-5-1-15(2-6-16)26(33)25-24-23(19-9-4-14-3-7-17(30)11-20(14)32(19)25)27(34)31(28(24)35)18-8-10-21-22(12-18)37-13-36-21/h1-12,19,23-25H,13H2/t19-,23+,24+,25-/m0/s1. The summed E-state index contributed by atoms with van der Waals surface area (Å²) in [4.78, 5) is 45.1. The van der Waals surface area contributed by atoms with Gasteiger partial charge in [-0.05, 0) is 42.0 Å². The van der Waals surface area contributed by atoms with Crippen molar-refractivity contribution in [1.29, 1.82) is 0 Å². The van der Waals surface area contributed by atoms with Gasteiger partial charge in [-0.1, -0.05) is 57.9 Å². The summed E-state index contributed by atoms with van der Waals surface area (Å²) >= 11 is 9.76. The van der Waals surface area contributed by atoms with Crippen LogP contribution >= 0.6 is 27.5 Å². The SMILES string of the molecule is O=C(c1ccc(Br)cc1)[C@@H]1[C@@H]2C(=O)N(c3ccc4c(c3)OCO4)C(=O)[C@@H]2[C@@H]2C=Cc3ccc(Cl)cc3N12. The smallest absolute Gasteiger partial charge is 0.240 e. The number of hydrogen-bond donors (Lipinski definition) is 0. The molecule has 2 fully saturated rings. The van der Waals surface area contributed by atoms with Crippen molar-refractivity contribution in [2.24, 2.45) is 11.8 Å². The molecule has 3 aromatic rings. The highest BCUT2D eigenvalue weighted by Crippen LogP contribution is 2.51. The van der Waals surface area contributed by atoms with Gasteiger partial charge in [0.05, 0.1) is 23.6 Å². The van der Waals surface area contributed by atoms with Gasteiger partial charge in [0.25, 0.3) is 0 Å². The molecular formula is C28H18BrClN2O5. The van der Waals surface area contributed by atoms with Crippen LogP contribution in [0.4, 0.5) is 11.4 Å². The number of halogens is 2. The Morgan fingerprint density at radius 3 is 2.49 bits per heavy atom. The zero-order valence-electron chi connectivity index (χ0n) is 19.1. The molecule has 2 saturated heterocycles. The van der Waals surface area contributed by atoms with Crippen LogP contribution in [0.2, 0.25) is 5.02 Å². The highest BCUT2D eigenvalue weighted by molar-refractivity contribution is 9.10. The van der Waals surface area contributed by atoms with Gasteiger partial charge in [-0.2, -0.15) is 0 Å². The minimum atomic E-state index is -0.881. The van der Waals surface area contributed by atoms with E-state index in [1.54, 1.807) is 54.6 Å². The van der Waals surface area contributed by atoms with Gasteiger partial charge in [-0.3, -0.25) is 14.4 Å². The summed E-state index contributed by atoms with van der Waals surface area (Å²) in [7, 11) is 0. The third-order valence-electron chi connectivity index (χ3n) is 7.48. The molecule has 0 spiro atoms. The van der Waals surface area contributed by atoms with E-state index in [4.69, 9.17) is 21.1 Å². The Morgan fingerprint density at radius 2 is 1.68 bits per heavy atom. The molecule has 0 unspecified atom stereocenters. The summed E-state index contributed by atoms with van der Waals surface area (Å²) in [6.07, 6.45) is 3.84. The minimum absolute atomic E-state index is 0.0828. The number of Topliss-reactive ketones (excluding diaryl/α,β-unsaturated/α-hetero) is 1. The van der Waals surface area contributed by atoms with Crippen LogP contribution in [0.1, 0.15) is 15.9 Å². The molecule has 4 atom stereocenters. The average Bonchev–Trinajstić information content (AvgIpc) is 3.57. The Hall–Kier alpha value is -3.62. The predicted molar refractivity (Wildman–Crippen MR) is 141 cm³/mol. The van der Waals surface area contributed by atoms with Gasteiger partial charge in [0.1, 0.15) is 6.04 Å². The van der Waals surface area contributed by atoms with Crippen LogP contribution in [-0.4, -0.2) is 36.5 Å². The van der Waals surface area contributed by atoms with Crippen molar-refractivity contribution in [3.8, 4) is 11.5 Å². The first-order valence-corrected chi connectivity index (χ1v) is 12.9. The van der Waals surface area contributed by atoms with Gasteiger partial charge < -0.3 is 14.4 Å². The van der Waals surface area contributed by atoms with Gasteiger partial charge in [-0.15, -0.1) is 0 Å². The van der Waals surface area contributed by atoms with Crippen molar-refractivity contribution in [3.63, 3.8) is 0 Å². The number of carbonyl (C=O) groups is 3. The van der Waals surface area contributed by atoms with E-state index in [1.807, 2.05) is 23.1 Å². The molecule has 0 aliphatic carbocycles. The summed E-state index contributed by atoms with van der Waals surface area (Å²) in [5, 5.41) is 0.513. The summed E-state index contributed by atoms with van der Waals surface area (Å²) in [6, 6.07) is 16.1. The number of benzene rings is 3. The van der Waals surface area contributed by atoms with Crippen molar-refractivity contribution in [2.45, 2.75) is 12.1 Å². The van der Waals surface area contributed by atoms with Crippen molar-refractivity contribution in [1.82, 2.24) is 0 Å². The van der Waals surface area contributed by atoms with Crippen molar-refractivity contribution < 1.29 is 23.9 Å². The number of nitrogens with zero attached hydrogens (tertiary/aromatic N) is 2. The number of fused-ring (bicyclic) bond motifs is 6. The molecule has 4 aliphatic heterocycles. The first-order chi connectivity index (χ1) is 17.9. The fraction of sp³-hybridized carbons (Fsp3) is 0.179. The fourth-order valence-electron chi connectivity index (χ4n) is 5.90. The average molecular weight is 578 g/mol. The quantitative estimate of drug-likeness (QED) is 0.318. The molecule has 0 bridgehead atoms. The number of amides is 2. The van der Waals surface area contributed by atoms with Gasteiger partial charge in [-0.25, -0.2) is 4.90 Å². The molecule has 37 heavy (non-hydrogen) atoms. The van der Waals surface area contributed by atoms with Gasteiger partial charge in [0, 0.05) is 26.8 Å². The van der Waals surface area contributed by atoms with E-state index >= 15 is 0 Å². The highest BCUT2D eigenvalue weighted by Gasteiger charge is 2.64. The van der Waals surface area contributed by atoms with E-state index in [2.05, 4.69) is 15.9 Å². The molecule has 0 N–H and O–H groups in total. The third kappa shape index (κ3) is 3.29. The number of rotatable bonds is 3. The molecule has 2 amide bonds. The molecule has 7 nitrogen and oxygen atoms in total. The third-order valence-corrected chi connectivity index (χ3v) is 8.25. The second-order valence-corrected chi connectivity index (χ2v) is 10.7. The topological polar surface area (TPSA) is 76.1 Å². The number of ether oxygens (including phenoxy) is 2. The monoisotopic (exact) mass is 576 g/mol. The normalized spacial score (nSPS) is 24.8. The van der Waals surface area contributed by atoms with E-state index < -0.39 is 29.8 Å². The van der Waals surface area contributed by atoms with Crippen LogP contribution in [0.5, 0.6) is 11.5 Å². The van der Waals surface area contributed by atoms with E-state index in [1.165, 1.54) is 4.90 Å². The number of ketones is 1. The molecule has 3 aromatic carbocycles. The fourth-order valence-corrected chi connectivity index (χ4v) is 6.33. The van der Waals surface area contributed by atoms with Crippen molar-refractivity contribution in [3.05, 3.63) is 87.4 Å². The summed E-state index contributed by atoms with van der Waals surface area (Å²) in [5.41, 5.74) is 2.48. The number of anilines is 2. The lowest BCUT2D eigenvalue weighted by atomic mass is 9.86. The molecule has 9 heteroatoms. The summed E-state index contributed by atoms with van der Waals surface area (Å²) < 4.78 is 11.7. The van der Waals surface area contributed by atoms with E-state index in [0.29, 0.717) is 27.8 Å². The molecule has 4 heterocycles. The molecular weight excluding hydrogens is 560 g/mol. The Kier molecular flexibility index (Phi) is 5.00. The van der Waals surface area contributed by atoms with Crippen LogP contribution in [-0.2, 0) is 9.59 Å². The van der Waals surface area contributed by atoms with Crippen LogP contribution in [0.15, 0.2) is 71.2 Å². The first-order valence-electron chi connectivity index (χ1n) is 11.8. The van der Waals surface area contributed by atoms with Crippen LogP contribution in [0.25, 0.3) is 6.08 Å². The zero-order chi connectivity index (χ0) is 25.4. The Balaban J connectivity index is 1.36. The van der Waals surface area contributed by atoms with E-state index in [9.17, 15) is 14.4 Å². The number of hydrogen-bond acceptors (Lipinski definition) is 6. The molecule has 0 radical (unpaired) electrons. The lowest BCUT2D eigenvalue weighted by Gasteiger charge is -2.36. The second kappa shape index (κ2) is 8.19. The maximum atomic E-state index is 14.1. The van der Waals surface area contributed by atoms with E-state index in [-0.39, 0.29) is 18.5 Å². The van der Waals surface area contributed by atoms with Gasteiger partial charge in [0.15, 0.2) is 17.3 Å². The first kappa shape index (κ1) is 22.6. The van der Waals surface area contributed by atoms with Crippen LogP contribution < -0.4 is 19.3 Å². The summed E-state index contributed by atoms with van der Waals surface area (Å²) in [6.45, 7) is 0.0828. The number of imide groups is 1. The predicted octanol–water partition coefficient (Wildman–Crippen LogP) is 5.10. The Morgan fingerprint density at radius 1 is 0.919 bits per heavy atom. The van der Waals surface area contributed by atoms with Crippen LogP contribution in [0.3, 0.4) is 0 Å². The second-order valence-electron chi connectivity index (χ2n) is 9.38. The van der Waals surface area contributed by atoms with Crippen molar-refractivity contribution in [2.75, 3.05) is 16.6 Å². The molecule has 7 rings (SSSR count). The van der Waals surface area contributed by atoms with E-state index in [0.717, 1.165) is 15.7 Å². The lowest BCUT2D eigenvalue weighted by Crippen LogP contribution is -2.48. The highest BCUT2D eigenvalue weighted by atomic mass is 79.9. The molecule has 0 aromatic heterocycles. The number of carbonyl (C=O) groups excluding carboxylic acids is 3. The minimum Gasteiger partial charge on any atom is -0.454 e. The molecule has 184 valence electrons. The Bertz CT molecular complexity index is 1540. The maximum absolute atomic E-state index is 14.1. The molecule has 0 saturated carbocycles. The van der Waals surface area contributed by atoms with Crippen LogP contribution in [0, 0.1) is 11.8 Å². The Labute approximate surface area is 225 Å². The summed E-state index contributed by atoms with van der Waals surface area (Å²) in [5.74, 6) is -1.54. The van der Waals surface area contributed by atoms with Crippen molar-refractivity contribution >= 4 is 62.6 Å². The zero-order valence-corrected chi connectivity index (χ0v) is 21.5.